The van der Waals surface area contributed by atoms with Crippen LogP contribution in [0.15, 0.2) is 24.3 Å². The van der Waals surface area contributed by atoms with Gasteiger partial charge in [0.2, 0.25) is 5.91 Å². The van der Waals surface area contributed by atoms with Gasteiger partial charge >= 0.3 is 0 Å². The molecule has 1 saturated carbocycles. The standard InChI is InChI=1S/C15H20FNO/c1-3-17(4-2)14(18)15(9-6-10-15)12-7-5-8-13(16)11-12/h5,7-8,11H,3-4,6,9-10H2,1-2H3. The van der Waals surface area contributed by atoms with Crippen LogP contribution < -0.4 is 0 Å². The first kappa shape index (κ1) is 13.1. The zero-order chi connectivity index (χ0) is 13.2. The molecule has 3 heteroatoms. The molecule has 18 heavy (non-hydrogen) atoms. The van der Waals surface area contributed by atoms with Crippen LogP contribution in [-0.2, 0) is 10.2 Å². The van der Waals surface area contributed by atoms with Crippen LogP contribution >= 0.6 is 0 Å². The van der Waals surface area contributed by atoms with Gasteiger partial charge in [0, 0.05) is 13.1 Å². The number of hydrogen-bond acceptors (Lipinski definition) is 1. The fraction of sp³-hybridized carbons (Fsp3) is 0.533. The van der Waals surface area contributed by atoms with Crippen LogP contribution in [0.25, 0.3) is 0 Å². The van der Waals surface area contributed by atoms with E-state index < -0.39 is 5.41 Å². The first-order valence-corrected chi connectivity index (χ1v) is 6.69. The summed E-state index contributed by atoms with van der Waals surface area (Å²) in [7, 11) is 0. The highest BCUT2D eigenvalue weighted by atomic mass is 19.1. The van der Waals surface area contributed by atoms with Gasteiger partial charge in [-0.3, -0.25) is 4.79 Å². The van der Waals surface area contributed by atoms with E-state index in [2.05, 4.69) is 0 Å². The van der Waals surface area contributed by atoms with E-state index in [1.807, 2.05) is 24.8 Å². The second-order valence-corrected chi connectivity index (χ2v) is 4.92. The quantitative estimate of drug-likeness (QED) is 0.803. The highest BCUT2D eigenvalue weighted by Crippen LogP contribution is 2.45. The number of nitrogens with zero attached hydrogens (tertiary/aromatic N) is 1. The van der Waals surface area contributed by atoms with Gasteiger partial charge in [-0.05, 0) is 44.4 Å². The molecule has 0 radical (unpaired) electrons. The summed E-state index contributed by atoms with van der Waals surface area (Å²) in [4.78, 5) is 14.5. The van der Waals surface area contributed by atoms with E-state index in [9.17, 15) is 9.18 Å². The van der Waals surface area contributed by atoms with Crippen LogP contribution in [0.1, 0.15) is 38.7 Å². The highest BCUT2D eigenvalue weighted by Gasteiger charge is 2.47. The van der Waals surface area contributed by atoms with Crippen molar-refractivity contribution in [2.24, 2.45) is 0 Å². The smallest absolute Gasteiger partial charge is 0.233 e. The Labute approximate surface area is 108 Å². The number of likely N-dealkylation sites (N-methyl/N-ethyl adjacent to an activating group) is 1. The molecule has 0 saturated heterocycles. The van der Waals surface area contributed by atoms with Gasteiger partial charge < -0.3 is 4.90 Å². The van der Waals surface area contributed by atoms with E-state index in [4.69, 9.17) is 0 Å². The van der Waals surface area contributed by atoms with Crippen LogP contribution in [-0.4, -0.2) is 23.9 Å². The Hall–Kier alpha value is -1.38. The minimum atomic E-state index is -0.464. The van der Waals surface area contributed by atoms with Gasteiger partial charge in [-0.25, -0.2) is 4.39 Å². The maximum atomic E-state index is 13.4. The zero-order valence-electron chi connectivity index (χ0n) is 11.1. The van der Waals surface area contributed by atoms with Gasteiger partial charge in [-0.2, -0.15) is 0 Å². The van der Waals surface area contributed by atoms with Crippen molar-refractivity contribution in [3.05, 3.63) is 35.6 Å². The van der Waals surface area contributed by atoms with E-state index in [0.29, 0.717) is 13.1 Å². The van der Waals surface area contributed by atoms with Crippen molar-refractivity contribution in [3.8, 4) is 0 Å². The summed E-state index contributed by atoms with van der Waals surface area (Å²) in [5.41, 5.74) is 0.374. The Bertz CT molecular complexity index is 436. The number of hydrogen-bond donors (Lipinski definition) is 0. The molecule has 1 aliphatic rings. The van der Waals surface area contributed by atoms with E-state index in [1.165, 1.54) is 12.1 Å². The van der Waals surface area contributed by atoms with Gasteiger partial charge in [0.15, 0.2) is 0 Å². The molecule has 1 fully saturated rings. The van der Waals surface area contributed by atoms with Crippen LogP contribution in [0.5, 0.6) is 0 Å². The van der Waals surface area contributed by atoms with Crippen molar-refractivity contribution in [3.63, 3.8) is 0 Å². The summed E-state index contributed by atoms with van der Waals surface area (Å²) < 4.78 is 13.4. The maximum Gasteiger partial charge on any atom is 0.233 e. The van der Waals surface area contributed by atoms with Gasteiger partial charge in [0.05, 0.1) is 5.41 Å². The van der Waals surface area contributed by atoms with E-state index in [1.54, 1.807) is 6.07 Å². The number of carbonyl (C=O) groups is 1. The summed E-state index contributed by atoms with van der Waals surface area (Å²) in [6, 6.07) is 6.52. The number of halogens is 1. The Morgan fingerprint density at radius 2 is 2.00 bits per heavy atom. The molecule has 0 aliphatic heterocycles. The molecule has 1 aromatic rings. The lowest BCUT2D eigenvalue weighted by molar-refractivity contribution is -0.140. The summed E-state index contributed by atoms with van der Waals surface area (Å²) in [5.74, 6) is -0.101. The Morgan fingerprint density at radius 1 is 1.33 bits per heavy atom. The number of benzene rings is 1. The molecule has 2 rings (SSSR count). The second-order valence-electron chi connectivity index (χ2n) is 4.92. The molecule has 1 amide bonds. The second kappa shape index (κ2) is 5.09. The van der Waals surface area contributed by atoms with Crippen molar-refractivity contribution in [2.75, 3.05) is 13.1 Å². The average Bonchev–Trinajstić information content (AvgIpc) is 2.29. The van der Waals surface area contributed by atoms with Gasteiger partial charge in [0.1, 0.15) is 5.82 Å². The maximum absolute atomic E-state index is 13.4. The lowest BCUT2D eigenvalue weighted by atomic mass is 9.63. The first-order valence-electron chi connectivity index (χ1n) is 6.69. The summed E-state index contributed by atoms with van der Waals surface area (Å²) in [6.07, 6.45) is 2.72. The molecule has 0 heterocycles. The predicted molar refractivity (Wildman–Crippen MR) is 69.9 cm³/mol. The van der Waals surface area contributed by atoms with Crippen molar-refractivity contribution in [1.29, 1.82) is 0 Å². The number of carbonyl (C=O) groups excluding carboxylic acids is 1. The average molecular weight is 249 g/mol. The van der Waals surface area contributed by atoms with Gasteiger partial charge in [-0.1, -0.05) is 18.6 Å². The highest BCUT2D eigenvalue weighted by molar-refractivity contribution is 5.89. The molecular weight excluding hydrogens is 229 g/mol. The Balaban J connectivity index is 2.34. The van der Waals surface area contributed by atoms with E-state index >= 15 is 0 Å². The molecule has 2 nitrogen and oxygen atoms in total. The monoisotopic (exact) mass is 249 g/mol. The van der Waals surface area contributed by atoms with Crippen LogP contribution in [0, 0.1) is 5.82 Å². The normalized spacial score (nSPS) is 17.1. The van der Waals surface area contributed by atoms with Crippen molar-refractivity contribution < 1.29 is 9.18 Å². The predicted octanol–water partition coefficient (Wildman–Crippen LogP) is 3.12. The fourth-order valence-corrected chi connectivity index (χ4v) is 2.76. The third-order valence-electron chi connectivity index (χ3n) is 4.04. The van der Waals surface area contributed by atoms with Crippen LogP contribution in [0.4, 0.5) is 4.39 Å². The SMILES string of the molecule is CCN(CC)C(=O)C1(c2cccc(F)c2)CCC1. The van der Waals surface area contributed by atoms with Gasteiger partial charge in [0.25, 0.3) is 0 Å². The van der Waals surface area contributed by atoms with Crippen molar-refractivity contribution >= 4 is 5.91 Å². The van der Waals surface area contributed by atoms with E-state index in [-0.39, 0.29) is 11.7 Å². The molecule has 1 aromatic carbocycles. The Morgan fingerprint density at radius 3 is 2.44 bits per heavy atom. The molecule has 0 N–H and O–H groups in total. The minimum absolute atomic E-state index is 0.157. The van der Waals surface area contributed by atoms with Gasteiger partial charge in [-0.15, -0.1) is 0 Å². The largest absolute Gasteiger partial charge is 0.342 e. The van der Waals surface area contributed by atoms with Crippen LogP contribution in [0.2, 0.25) is 0 Å². The van der Waals surface area contributed by atoms with E-state index in [0.717, 1.165) is 24.8 Å². The summed E-state index contributed by atoms with van der Waals surface area (Å²) in [5, 5.41) is 0. The zero-order valence-corrected chi connectivity index (χ0v) is 11.1. The molecule has 0 unspecified atom stereocenters. The number of amides is 1. The van der Waals surface area contributed by atoms with Crippen molar-refractivity contribution in [2.45, 2.75) is 38.5 Å². The number of rotatable bonds is 4. The third-order valence-corrected chi connectivity index (χ3v) is 4.04. The third kappa shape index (κ3) is 2.02. The topological polar surface area (TPSA) is 20.3 Å². The summed E-state index contributed by atoms with van der Waals surface area (Å²) >= 11 is 0. The Kier molecular flexibility index (Phi) is 3.69. The molecule has 0 aromatic heterocycles. The lowest BCUT2D eigenvalue weighted by Gasteiger charge is -2.43. The molecule has 1 aliphatic carbocycles. The minimum Gasteiger partial charge on any atom is -0.342 e. The lowest BCUT2D eigenvalue weighted by Crippen LogP contribution is -2.51. The molecular formula is C15H20FNO. The summed E-state index contributed by atoms with van der Waals surface area (Å²) in [6.45, 7) is 5.40. The van der Waals surface area contributed by atoms with Crippen molar-refractivity contribution in [1.82, 2.24) is 4.90 Å². The first-order chi connectivity index (χ1) is 8.64. The molecule has 0 atom stereocenters. The van der Waals surface area contributed by atoms with Crippen LogP contribution in [0.3, 0.4) is 0 Å². The fourth-order valence-electron chi connectivity index (χ4n) is 2.76. The molecule has 0 bridgehead atoms. The molecule has 98 valence electrons. The molecule has 0 spiro atoms.